The SMILES string of the molecule is CCOC(=O)[C@@H](NC(=O)[C@H](N)Cc1ccc(O)cc1)c1cc(OC)cc(Oc2cc([C@@H](NC(=O)OC(C)(C)C)C(=O)Oc3c(F)c(F)c(F)c(F)c3F)ccc2OC)c1. The number of amides is 2. The number of ether oxygens (including phenoxy) is 6. The molecule has 4 aromatic carbocycles. The summed E-state index contributed by atoms with van der Waals surface area (Å²) in [5.41, 5.74) is 5.52. The van der Waals surface area contributed by atoms with Crippen LogP contribution in [0.15, 0.2) is 60.7 Å². The molecule has 0 radical (unpaired) electrons. The number of aromatic hydroxyl groups is 1. The highest BCUT2D eigenvalue weighted by Crippen LogP contribution is 2.38. The van der Waals surface area contributed by atoms with Crippen molar-refractivity contribution in [1.82, 2.24) is 10.6 Å². The maximum absolute atomic E-state index is 14.6. The standard InChI is InChI=1S/C40H40F5N3O11/c1-7-56-37(51)34(47-36(50)25(46)14-19-8-11-22(49)12-9-19)21-15-23(54-5)18-24(16-21)57-27-17-20(10-13-26(27)55-6)33(48-39(53)59-40(2,3)4)38(52)58-35-31(44)29(42)28(41)30(43)32(35)45/h8-13,15-18,25,33-34,49H,7,14,46H2,1-6H3,(H,47,50)(H,48,53)/t25-,33-,34+/m1/s1. The molecule has 2 amide bonds. The van der Waals surface area contributed by atoms with Gasteiger partial charge in [0.1, 0.15) is 22.8 Å². The molecule has 19 heteroatoms. The van der Waals surface area contributed by atoms with Crippen LogP contribution in [0.25, 0.3) is 0 Å². The summed E-state index contributed by atoms with van der Waals surface area (Å²) in [6, 6.07) is 9.02. The molecule has 316 valence electrons. The number of halogens is 5. The first-order valence-electron chi connectivity index (χ1n) is 17.5. The van der Waals surface area contributed by atoms with E-state index in [1.54, 1.807) is 19.1 Å². The Hall–Kier alpha value is -6.63. The van der Waals surface area contributed by atoms with Gasteiger partial charge in [-0.25, -0.2) is 27.6 Å². The molecule has 0 fully saturated rings. The van der Waals surface area contributed by atoms with Gasteiger partial charge in [-0.15, -0.1) is 0 Å². The first-order valence-corrected chi connectivity index (χ1v) is 17.5. The molecule has 0 bridgehead atoms. The fraction of sp³-hybridized carbons (Fsp3) is 0.300. The van der Waals surface area contributed by atoms with Crippen LogP contribution in [0.3, 0.4) is 0 Å². The molecule has 59 heavy (non-hydrogen) atoms. The van der Waals surface area contributed by atoms with Gasteiger partial charge in [-0.05, 0) is 87.2 Å². The number of carbonyl (C=O) groups excluding carboxylic acids is 4. The van der Waals surface area contributed by atoms with Gasteiger partial charge >= 0.3 is 18.0 Å². The minimum Gasteiger partial charge on any atom is -0.508 e. The molecule has 0 aromatic heterocycles. The third-order valence-corrected chi connectivity index (χ3v) is 8.03. The smallest absolute Gasteiger partial charge is 0.408 e. The summed E-state index contributed by atoms with van der Waals surface area (Å²) < 4.78 is 103. The van der Waals surface area contributed by atoms with E-state index >= 15 is 0 Å². The molecule has 0 saturated heterocycles. The second-order valence-electron chi connectivity index (χ2n) is 13.5. The number of benzene rings is 4. The number of alkyl carbamates (subject to hydrolysis) is 1. The molecule has 0 aliphatic carbocycles. The van der Waals surface area contributed by atoms with Gasteiger partial charge in [0, 0.05) is 6.07 Å². The topological polar surface area (TPSA) is 194 Å². The summed E-state index contributed by atoms with van der Waals surface area (Å²) in [4.78, 5) is 52.9. The zero-order valence-electron chi connectivity index (χ0n) is 32.4. The molecule has 4 aromatic rings. The first-order chi connectivity index (χ1) is 27.8. The van der Waals surface area contributed by atoms with E-state index in [0.29, 0.717) is 5.56 Å². The number of hydrogen-bond donors (Lipinski definition) is 4. The minimum absolute atomic E-state index is 0.00211. The van der Waals surface area contributed by atoms with E-state index in [1.165, 1.54) is 77.5 Å². The fourth-order valence-electron chi connectivity index (χ4n) is 5.29. The fourth-order valence-corrected chi connectivity index (χ4v) is 5.29. The Balaban J connectivity index is 1.73. The van der Waals surface area contributed by atoms with Gasteiger partial charge in [0.05, 0.1) is 26.9 Å². The van der Waals surface area contributed by atoms with Crippen LogP contribution in [0, 0.1) is 29.1 Å². The Morgan fingerprint density at radius 1 is 0.729 bits per heavy atom. The van der Waals surface area contributed by atoms with Crippen molar-refractivity contribution in [2.24, 2.45) is 5.73 Å². The van der Waals surface area contributed by atoms with Gasteiger partial charge in [0.2, 0.25) is 40.7 Å². The van der Waals surface area contributed by atoms with Crippen molar-refractivity contribution in [3.63, 3.8) is 0 Å². The number of carbonyl (C=O) groups is 4. The van der Waals surface area contributed by atoms with Crippen molar-refractivity contribution in [1.29, 1.82) is 0 Å². The van der Waals surface area contributed by atoms with E-state index in [9.17, 15) is 46.2 Å². The van der Waals surface area contributed by atoms with Crippen LogP contribution in [-0.2, 0) is 30.3 Å². The predicted molar refractivity (Wildman–Crippen MR) is 197 cm³/mol. The quantitative estimate of drug-likeness (QED) is 0.0341. The molecule has 0 aliphatic heterocycles. The number of esters is 2. The molecule has 0 spiro atoms. The molecule has 0 heterocycles. The highest BCUT2D eigenvalue weighted by atomic mass is 19.2. The minimum atomic E-state index is -2.49. The van der Waals surface area contributed by atoms with Gasteiger partial charge in [-0.2, -0.15) is 8.78 Å². The number of nitrogens with two attached hydrogens (primary N) is 1. The summed E-state index contributed by atoms with van der Waals surface area (Å²) in [5, 5.41) is 14.3. The Labute approximate surface area is 334 Å². The molecule has 5 N–H and O–H groups in total. The van der Waals surface area contributed by atoms with Crippen LogP contribution < -0.4 is 35.3 Å². The largest absolute Gasteiger partial charge is 0.508 e. The summed E-state index contributed by atoms with van der Waals surface area (Å²) in [7, 11) is 2.55. The maximum Gasteiger partial charge on any atom is 0.408 e. The Morgan fingerprint density at radius 2 is 1.32 bits per heavy atom. The van der Waals surface area contributed by atoms with E-state index in [2.05, 4.69) is 15.4 Å². The van der Waals surface area contributed by atoms with Crippen LogP contribution in [-0.4, -0.2) is 61.5 Å². The number of hydrogen-bond acceptors (Lipinski definition) is 12. The van der Waals surface area contributed by atoms with Crippen molar-refractivity contribution in [3.8, 4) is 34.5 Å². The molecule has 0 unspecified atom stereocenters. The number of rotatable bonds is 15. The first kappa shape index (κ1) is 45.1. The maximum atomic E-state index is 14.6. The number of nitrogens with one attached hydrogen (secondary N) is 2. The van der Waals surface area contributed by atoms with Gasteiger partial charge in [0.15, 0.2) is 23.6 Å². The van der Waals surface area contributed by atoms with Gasteiger partial charge < -0.3 is 49.9 Å². The van der Waals surface area contributed by atoms with E-state index < -0.39 is 82.5 Å². The van der Waals surface area contributed by atoms with Crippen LogP contribution in [0.5, 0.6) is 34.5 Å². The molecule has 0 saturated carbocycles. The van der Waals surface area contributed by atoms with Crippen molar-refractivity contribution in [2.45, 2.75) is 57.8 Å². The third-order valence-electron chi connectivity index (χ3n) is 8.03. The monoisotopic (exact) mass is 833 g/mol. The van der Waals surface area contributed by atoms with E-state index in [4.69, 9.17) is 29.4 Å². The van der Waals surface area contributed by atoms with Gasteiger partial charge in [0.25, 0.3) is 0 Å². The lowest BCUT2D eigenvalue weighted by molar-refractivity contribution is -0.147. The van der Waals surface area contributed by atoms with Crippen LogP contribution in [0.1, 0.15) is 56.5 Å². The van der Waals surface area contributed by atoms with Crippen LogP contribution in [0.4, 0.5) is 26.7 Å². The van der Waals surface area contributed by atoms with Gasteiger partial charge in [-0.3, -0.25) is 4.79 Å². The van der Waals surface area contributed by atoms with Crippen LogP contribution >= 0.6 is 0 Å². The second-order valence-corrected chi connectivity index (χ2v) is 13.5. The number of phenolic OH excluding ortho intramolecular Hbond substituents is 1. The highest BCUT2D eigenvalue weighted by molar-refractivity contribution is 5.88. The average Bonchev–Trinajstić information content (AvgIpc) is 3.18. The normalized spacial score (nSPS) is 12.7. The third kappa shape index (κ3) is 11.5. The summed E-state index contributed by atoms with van der Waals surface area (Å²) in [6.07, 6.45) is -1.20. The lowest BCUT2D eigenvalue weighted by Crippen LogP contribution is -2.45. The molecule has 4 rings (SSSR count). The lowest BCUT2D eigenvalue weighted by Gasteiger charge is -2.24. The van der Waals surface area contributed by atoms with Crippen molar-refractivity contribution in [3.05, 3.63) is 106 Å². The predicted octanol–water partition coefficient (Wildman–Crippen LogP) is 6.36. The Kier molecular flexibility index (Phi) is 14.7. The molecule has 0 aliphatic rings. The average molecular weight is 834 g/mol. The van der Waals surface area contributed by atoms with E-state index in [-0.39, 0.29) is 52.9 Å². The zero-order chi connectivity index (χ0) is 43.8. The molecule has 3 atom stereocenters. The van der Waals surface area contributed by atoms with Gasteiger partial charge in [-0.1, -0.05) is 18.2 Å². The van der Waals surface area contributed by atoms with Crippen molar-refractivity contribution < 1.29 is 74.7 Å². The Morgan fingerprint density at radius 3 is 1.90 bits per heavy atom. The highest BCUT2D eigenvalue weighted by Gasteiger charge is 2.34. The Bertz CT molecular complexity index is 2170. The molecular formula is C40H40F5N3O11. The van der Waals surface area contributed by atoms with Crippen LogP contribution in [0.2, 0.25) is 0 Å². The van der Waals surface area contributed by atoms with Crippen molar-refractivity contribution >= 4 is 23.9 Å². The summed E-state index contributed by atoms with van der Waals surface area (Å²) in [5.74, 6) is -17.6. The summed E-state index contributed by atoms with van der Waals surface area (Å²) in [6.45, 7) is 5.95. The van der Waals surface area contributed by atoms with E-state index in [1.807, 2.05) is 0 Å². The second kappa shape index (κ2) is 19.2. The zero-order valence-corrected chi connectivity index (χ0v) is 32.4. The molecular weight excluding hydrogens is 793 g/mol. The summed E-state index contributed by atoms with van der Waals surface area (Å²) >= 11 is 0. The number of phenols is 1. The van der Waals surface area contributed by atoms with E-state index in [0.717, 1.165) is 6.07 Å². The van der Waals surface area contributed by atoms with Crippen molar-refractivity contribution in [2.75, 3.05) is 20.8 Å². The number of methoxy groups -OCH3 is 2. The molecule has 14 nitrogen and oxygen atoms in total. The lowest BCUT2D eigenvalue weighted by atomic mass is 10.0.